The Labute approximate surface area is 90.9 Å². The molecule has 1 atom stereocenters. The number of hydrogen-bond acceptors (Lipinski definition) is 2. The van der Waals surface area contributed by atoms with E-state index in [9.17, 15) is 0 Å². The zero-order chi connectivity index (χ0) is 10.3. The van der Waals surface area contributed by atoms with Crippen molar-refractivity contribution in [3.8, 4) is 0 Å². The van der Waals surface area contributed by atoms with E-state index >= 15 is 0 Å². The van der Waals surface area contributed by atoms with Gasteiger partial charge in [-0.15, -0.1) is 0 Å². The fourth-order valence-electron chi connectivity index (χ4n) is 2.95. The molecule has 0 bridgehead atoms. The third-order valence-corrected chi connectivity index (χ3v) is 3.84. The lowest BCUT2D eigenvalue weighted by molar-refractivity contribution is 0.386. The smallest absolute Gasteiger partial charge is 0.0564 e. The van der Waals surface area contributed by atoms with E-state index in [0.29, 0.717) is 6.04 Å². The molecule has 1 aliphatic heterocycles. The van der Waals surface area contributed by atoms with Gasteiger partial charge in [0.15, 0.2) is 0 Å². The number of nitrogens with zero attached hydrogens (tertiary/aromatic N) is 2. The molecular formula is C12H19N3. The highest BCUT2D eigenvalue weighted by Gasteiger charge is 2.25. The molecule has 1 aromatic heterocycles. The lowest BCUT2D eigenvalue weighted by Gasteiger charge is -2.23. The van der Waals surface area contributed by atoms with Crippen LogP contribution in [0, 0.1) is 0 Å². The van der Waals surface area contributed by atoms with Crippen LogP contribution in [0.4, 0.5) is 0 Å². The molecule has 0 radical (unpaired) electrons. The molecule has 1 N–H and O–H groups in total. The number of hydrogen-bond donors (Lipinski definition) is 1. The summed E-state index contributed by atoms with van der Waals surface area (Å²) in [7, 11) is 0. The first kappa shape index (κ1) is 9.40. The van der Waals surface area contributed by atoms with Gasteiger partial charge in [0.2, 0.25) is 0 Å². The van der Waals surface area contributed by atoms with Gasteiger partial charge in [0.1, 0.15) is 0 Å². The molecule has 2 aliphatic rings. The number of fused-ring (bicyclic) bond motifs is 1. The highest BCUT2D eigenvalue weighted by Crippen LogP contribution is 2.36. The first-order valence-electron chi connectivity index (χ1n) is 6.12. The van der Waals surface area contributed by atoms with Crippen LogP contribution in [0.15, 0.2) is 6.20 Å². The van der Waals surface area contributed by atoms with Gasteiger partial charge in [-0.1, -0.05) is 12.8 Å². The molecule has 3 heteroatoms. The third-order valence-electron chi connectivity index (χ3n) is 3.84. The van der Waals surface area contributed by atoms with Gasteiger partial charge in [-0.25, -0.2) is 0 Å². The molecule has 15 heavy (non-hydrogen) atoms. The predicted molar refractivity (Wildman–Crippen MR) is 59.7 cm³/mol. The van der Waals surface area contributed by atoms with E-state index in [1.165, 1.54) is 36.9 Å². The molecule has 1 aliphatic carbocycles. The SMILES string of the molecule is CC1Cn2ncc(C3CCCC3)c2CN1. The van der Waals surface area contributed by atoms with Crippen LogP contribution in [0.3, 0.4) is 0 Å². The molecule has 1 aromatic rings. The van der Waals surface area contributed by atoms with Gasteiger partial charge < -0.3 is 5.32 Å². The third kappa shape index (κ3) is 1.59. The summed E-state index contributed by atoms with van der Waals surface area (Å²) in [5.74, 6) is 0.795. The molecule has 1 fully saturated rings. The highest BCUT2D eigenvalue weighted by atomic mass is 15.3. The lowest BCUT2D eigenvalue weighted by atomic mass is 9.97. The van der Waals surface area contributed by atoms with Crippen LogP contribution in [-0.4, -0.2) is 15.8 Å². The summed E-state index contributed by atoms with van der Waals surface area (Å²) in [6.07, 6.45) is 7.66. The predicted octanol–water partition coefficient (Wildman–Crippen LogP) is 2.03. The second-order valence-corrected chi connectivity index (χ2v) is 4.99. The van der Waals surface area contributed by atoms with Crippen molar-refractivity contribution >= 4 is 0 Å². The van der Waals surface area contributed by atoms with Crippen molar-refractivity contribution in [2.45, 2.75) is 57.7 Å². The quantitative estimate of drug-likeness (QED) is 0.760. The molecule has 2 heterocycles. The molecule has 0 spiro atoms. The second kappa shape index (κ2) is 3.63. The van der Waals surface area contributed by atoms with Gasteiger partial charge in [-0.3, -0.25) is 4.68 Å². The number of rotatable bonds is 1. The zero-order valence-electron chi connectivity index (χ0n) is 9.37. The monoisotopic (exact) mass is 205 g/mol. The summed E-state index contributed by atoms with van der Waals surface area (Å²) >= 11 is 0. The Hall–Kier alpha value is -0.830. The first-order valence-corrected chi connectivity index (χ1v) is 6.12. The Kier molecular flexibility index (Phi) is 2.28. The van der Waals surface area contributed by atoms with E-state index in [1.54, 1.807) is 0 Å². The van der Waals surface area contributed by atoms with Gasteiger partial charge in [-0.2, -0.15) is 5.10 Å². The second-order valence-electron chi connectivity index (χ2n) is 4.99. The largest absolute Gasteiger partial charge is 0.307 e. The van der Waals surface area contributed by atoms with Crippen molar-refractivity contribution in [1.29, 1.82) is 0 Å². The van der Waals surface area contributed by atoms with Crippen LogP contribution >= 0.6 is 0 Å². The lowest BCUT2D eigenvalue weighted by Crippen LogP contribution is -2.37. The van der Waals surface area contributed by atoms with Crippen LogP contribution in [0.2, 0.25) is 0 Å². The minimum atomic E-state index is 0.564. The molecular weight excluding hydrogens is 186 g/mol. The molecule has 1 unspecified atom stereocenters. The van der Waals surface area contributed by atoms with E-state index in [0.717, 1.165) is 19.0 Å². The van der Waals surface area contributed by atoms with Crippen LogP contribution in [0.25, 0.3) is 0 Å². The maximum Gasteiger partial charge on any atom is 0.0564 e. The maximum atomic E-state index is 4.53. The Balaban J connectivity index is 1.90. The number of aromatic nitrogens is 2. The fourth-order valence-corrected chi connectivity index (χ4v) is 2.95. The Morgan fingerprint density at radius 1 is 1.40 bits per heavy atom. The van der Waals surface area contributed by atoms with Crippen molar-refractivity contribution in [3.05, 3.63) is 17.5 Å². The highest BCUT2D eigenvalue weighted by molar-refractivity contribution is 5.24. The standard InChI is InChI=1S/C12H19N3/c1-9-8-15-12(7-13-9)11(6-14-15)10-4-2-3-5-10/h6,9-10,13H,2-5,7-8H2,1H3. The molecule has 1 saturated carbocycles. The van der Waals surface area contributed by atoms with E-state index in [1.807, 2.05) is 0 Å². The summed E-state index contributed by atoms with van der Waals surface area (Å²) < 4.78 is 2.20. The van der Waals surface area contributed by atoms with Gasteiger partial charge in [0, 0.05) is 12.6 Å². The van der Waals surface area contributed by atoms with Crippen LogP contribution in [0.5, 0.6) is 0 Å². The van der Waals surface area contributed by atoms with Crippen LogP contribution in [0.1, 0.15) is 49.8 Å². The average molecular weight is 205 g/mol. The van der Waals surface area contributed by atoms with Gasteiger partial charge >= 0.3 is 0 Å². The summed E-state index contributed by atoms with van der Waals surface area (Å²) in [5, 5.41) is 8.06. The Bertz CT molecular complexity index is 350. The van der Waals surface area contributed by atoms with Crippen LogP contribution < -0.4 is 5.32 Å². The van der Waals surface area contributed by atoms with Crippen molar-refractivity contribution < 1.29 is 0 Å². The van der Waals surface area contributed by atoms with E-state index < -0.39 is 0 Å². The molecule has 0 aromatic carbocycles. The fraction of sp³-hybridized carbons (Fsp3) is 0.750. The Morgan fingerprint density at radius 3 is 3.00 bits per heavy atom. The van der Waals surface area contributed by atoms with Crippen LogP contribution in [-0.2, 0) is 13.1 Å². The normalized spacial score (nSPS) is 26.9. The van der Waals surface area contributed by atoms with E-state index in [-0.39, 0.29) is 0 Å². The minimum absolute atomic E-state index is 0.564. The summed E-state index contributed by atoms with van der Waals surface area (Å²) in [6, 6.07) is 0.564. The summed E-state index contributed by atoms with van der Waals surface area (Å²) in [6.45, 7) is 4.26. The van der Waals surface area contributed by atoms with Crippen molar-refractivity contribution in [3.63, 3.8) is 0 Å². The molecule has 0 amide bonds. The van der Waals surface area contributed by atoms with Gasteiger partial charge in [0.05, 0.1) is 18.4 Å². The maximum absolute atomic E-state index is 4.53. The minimum Gasteiger partial charge on any atom is -0.307 e. The molecule has 82 valence electrons. The van der Waals surface area contributed by atoms with E-state index in [4.69, 9.17) is 0 Å². The van der Waals surface area contributed by atoms with Crippen molar-refractivity contribution in [2.24, 2.45) is 0 Å². The molecule has 3 rings (SSSR count). The molecule has 3 nitrogen and oxygen atoms in total. The summed E-state index contributed by atoms with van der Waals surface area (Å²) in [4.78, 5) is 0. The topological polar surface area (TPSA) is 29.9 Å². The first-order chi connectivity index (χ1) is 7.34. The Morgan fingerprint density at radius 2 is 2.20 bits per heavy atom. The number of nitrogens with one attached hydrogen (secondary N) is 1. The zero-order valence-corrected chi connectivity index (χ0v) is 9.37. The van der Waals surface area contributed by atoms with Gasteiger partial charge in [-0.05, 0) is 31.2 Å². The van der Waals surface area contributed by atoms with E-state index in [2.05, 4.69) is 28.2 Å². The van der Waals surface area contributed by atoms with Gasteiger partial charge in [0.25, 0.3) is 0 Å². The van der Waals surface area contributed by atoms with Crippen molar-refractivity contribution in [2.75, 3.05) is 0 Å². The summed E-state index contributed by atoms with van der Waals surface area (Å²) in [5.41, 5.74) is 2.96. The average Bonchev–Trinajstić information content (AvgIpc) is 2.82. The van der Waals surface area contributed by atoms with Crippen molar-refractivity contribution in [1.82, 2.24) is 15.1 Å². The molecule has 0 saturated heterocycles.